The van der Waals surface area contributed by atoms with Crippen LogP contribution in [0.2, 0.25) is 5.02 Å². The molecule has 5 nitrogen and oxygen atoms in total. The lowest BCUT2D eigenvalue weighted by molar-refractivity contribution is -0.137. The zero-order chi connectivity index (χ0) is 25.9. The highest BCUT2D eigenvalue weighted by atomic mass is 35.5. The first-order valence-electron chi connectivity index (χ1n) is 11.1. The molecule has 0 bridgehead atoms. The number of aryl methyl sites for hydroxylation is 1. The predicted molar refractivity (Wildman–Crippen MR) is 130 cm³/mol. The number of ether oxygens (including phenoxy) is 2. The van der Waals surface area contributed by atoms with Gasteiger partial charge in [0.2, 0.25) is 0 Å². The first-order valence-corrected chi connectivity index (χ1v) is 11.5. The van der Waals surface area contributed by atoms with Gasteiger partial charge < -0.3 is 9.47 Å². The van der Waals surface area contributed by atoms with E-state index >= 15 is 0 Å². The highest BCUT2D eigenvalue weighted by Crippen LogP contribution is 2.39. The van der Waals surface area contributed by atoms with Gasteiger partial charge in [0.1, 0.15) is 18.2 Å². The molecule has 0 atom stereocenters. The minimum absolute atomic E-state index is 0.0638. The quantitative estimate of drug-likeness (QED) is 0.243. The van der Waals surface area contributed by atoms with Crippen molar-refractivity contribution in [1.29, 1.82) is 0 Å². The minimum atomic E-state index is -4.55. The maximum Gasteiger partial charge on any atom is 0.416 e. The van der Waals surface area contributed by atoms with Crippen LogP contribution in [0.1, 0.15) is 34.2 Å². The zero-order valence-electron chi connectivity index (χ0n) is 19.5. The number of carbonyl (C=O) groups excluding carboxylic acids is 1. The summed E-state index contributed by atoms with van der Waals surface area (Å²) < 4.78 is 53.6. The van der Waals surface area contributed by atoms with Gasteiger partial charge in [-0.15, -0.1) is 0 Å². The third kappa shape index (κ3) is 5.39. The van der Waals surface area contributed by atoms with Crippen LogP contribution in [0.15, 0.2) is 72.8 Å². The van der Waals surface area contributed by atoms with E-state index in [2.05, 4.69) is 4.98 Å². The molecule has 0 N–H and O–H groups in total. The Kier molecular flexibility index (Phi) is 7.35. The number of esters is 1. The first kappa shape index (κ1) is 25.3. The second-order valence-corrected chi connectivity index (χ2v) is 8.29. The molecule has 0 fully saturated rings. The largest absolute Gasteiger partial charge is 0.488 e. The van der Waals surface area contributed by atoms with E-state index < -0.39 is 17.7 Å². The first-order chi connectivity index (χ1) is 17.2. The lowest BCUT2D eigenvalue weighted by Crippen LogP contribution is -2.11. The molecule has 0 aliphatic carbocycles. The SMILES string of the molecule is CCOC(=O)c1cccc(-n2c(C)ccc2-c2cc(C(F)(F)F)ccc2OCc2ccccc2Cl)n1. The average Bonchev–Trinajstić information content (AvgIpc) is 3.24. The van der Waals surface area contributed by atoms with Gasteiger partial charge in [-0.25, -0.2) is 9.78 Å². The molecule has 0 unspecified atom stereocenters. The molecule has 2 aromatic heterocycles. The fraction of sp³-hybridized carbons (Fsp3) is 0.185. The summed E-state index contributed by atoms with van der Waals surface area (Å²) >= 11 is 6.22. The van der Waals surface area contributed by atoms with Gasteiger partial charge in [0.15, 0.2) is 5.69 Å². The lowest BCUT2D eigenvalue weighted by atomic mass is 10.1. The third-order valence-electron chi connectivity index (χ3n) is 5.45. The third-order valence-corrected chi connectivity index (χ3v) is 5.82. The van der Waals surface area contributed by atoms with Gasteiger partial charge >= 0.3 is 12.1 Å². The highest BCUT2D eigenvalue weighted by molar-refractivity contribution is 6.31. The van der Waals surface area contributed by atoms with Gasteiger partial charge in [-0.05, 0) is 62.4 Å². The summed E-state index contributed by atoms with van der Waals surface area (Å²) in [5, 5.41) is 0.491. The number of nitrogens with zero attached hydrogens (tertiary/aromatic N) is 2. The van der Waals surface area contributed by atoms with E-state index in [4.69, 9.17) is 21.1 Å². The van der Waals surface area contributed by atoms with Gasteiger partial charge in [-0.3, -0.25) is 4.57 Å². The van der Waals surface area contributed by atoms with E-state index in [0.717, 1.165) is 12.1 Å². The number of alkyl halides is 3. The normalized spacial score (nSPS) is 11.4. The van der Waals surface area contributed by atoms with Crippen LogP contribution < -0.4 is 4.74 Å². The topological polar surface area (TPSA) is 53.4 Å². The smallest absolute Gasteiger partial charge is 0.416 e. The number of pyridine rings is 1. The molecule has 2 heterocycles. The van der Waals surface area contributed by atoms with E-state index in [9.17, 15) is 18.0 Å². The number of aromatic nitrogens is 2. The fourth-order valence-corrected chi connectivity index (χ4v) is 3.91. The molecular weight excluding hydrogens is 493 g/mol. The summed E-state index contributed by atoms with van der Waals surface area (Å²) in [7, 11) is 0. The molecule has 4 aromatic rings. The standard InChI is InChI=1S/C27H22ClF3N2O3/c1-3-35-26(34)22-9-6-10-25(32-22)33-17(2)11-13-23(33)20-15-19(27(29,30)31)12-14-24(20)36-16-18-7-4-5-8-21(18)28/h4-15H,3,16H2,1-2H3. The van der Waals surface area contributed by atoms with E-state index in [1.54, 1.807) is 66.9 Å². The second-order valence-electron chi connectivity index (χ2n) is 7.89. The van der Waals surface area contributed by atoms with E-state index in [0.29, 0.717) is 27.8 Å². The zero-order valence-corrected chi connectivity index (χ0v) is 20.2. The highest BCUT2D eigenvalue weighted by Gasteiger charge is 2.32. The number of hydrogen-bond donors (Lipinski definition) is 0. The van der Waals surface area contributed by atoms with Crippen molar-refractivity contribution in [3.8, 4) is 22.8 Å². The monoisotopic (exact) mass is 514 g/mol. The summed E-state index contributed by atoms with van der Waals surface area (Å²) in [4.78, 5) is 16.6. The Bertz CT molecular complexity index is 1400. The van der Waals surface area contributed by atoms with Crippen LogP contribution in [-0.4, -0.2) is 22.1 Å². The molecule has 9 heteroatoms. The van der Waals surface area contributed by atoms with Crippen LogP contribution in [0, 0.1) is 6.92 Å². The van der Waals surface area contributed by atoms with Crippen LogP contribution in [-0.2, 0) is 17.5 Å². The fourth-order valence-electron chi connectivity index (χ4n) is 3.72. The van der Waals surface area contributed by atoms with Crippen LogP contribution in [0.5, 0.6) is 5.75 Å². The lowest BCUT2D eigenvalue weighted by Gasteiger charge is -2.18. The van der Waals surface area contributed by atoms with Gasteiger partial charge in [-0.2, -0.15) is 13.2 Å². The van der Waals surface area contributed by atoms with E-state index in [-0.39, 0.29) is 30.2 Å². The molecule has 36 heavy (non-hydrogen) atoms. The number of hydrogen-bond acceptors (Lipinski definition) is 4. The van der Waals surface area contributed by atoms with E-state index in [1.807, 2.05) is 0 Å². The molecule has 0 saturated heterocycles. The molecule has 2 aromatic carbocycles. The van der Waals surface area contributed by atoms with Crippen molar-refractivity contribution in [2.24, 2.45) is 0 Å². The Balaban J connectivity index is 1.81. The molecule has 4 rings (SSSR count). The molecular formula is C27H22ClF3N2O3. The number of carbonyl (C=O) groups is 1. The Morgan fingerprint density at radius 3 is 2.53 bits per heavy atom. The van der Waals surface area contributed by atoms with Crippen LogP contribution in [0.3, 0.4) is 0 Å². The van der Waals surface area contributed by atoms with Crippen molar-refractivity contribution >= 4 is 17.6 Å². The molecule has 186 valence electrons. The van der Waals surface area contributed by atoms with Gasteiger partial charge in [0.05, 0.1) is 17.9 Å². The van der Waals surface area contributed by atoms with Crippen molar-refractivity contribution in [2.75, 3.05) is 6.61 Å². The van der Waals surface area contributed by atoms with Crippen molar-refractivity contribution in [3.63, 3.8) is 0 Å². The van der Waals surface area contributed by atoms with E-state index in [1.165, 1.54) is 12.1 Å². The number of benzene rings is 2. The maximum absolute atomic E-state index is 13.6. The van der Waals surface area contributed by atoms with Gasteiger partial charge in [0, 0.05) is 21.8 Å². The maximum atomic E-state index is 13.6. The Morgan fingerprint density at radius 1 is 1.03 bits per heavy atom. The Hall–Kier alpha value is -3.78. The van der Waals surface area contributed by atoms with Crippen molar-refractivity contribution < 1.29 is 27.4 Å². The molecule has 0 spiro atoms. The van der Waals surface area contributed by atoms with Crippen molar-refractivity contribution in [1.82, 2.24) is 9.55 Å². The average molecular weight is 515 g/mol. The van der Waals surface area contributed by atoms with Crippen LogP contribution in [0.4, 0.5) is 13.2 Å². The molecule has 0 aliphatic heterocycles. The molecule has 0 saturated carbocycles. The van der Waals surface area contributed by atoms with Crippen LogP contribution in [0.25, 0.3) is 17.1 Å². The summed E-state index contributed by atoms with van der Waals surface area (Å²) in [5.41, 5.74) is 1.30. The summed E-state index contributed by atoms with van der Waals surface area (Å²) in [6, 6.07) is 18.7. The summed E-state index contributed by atoms with van der Waals surface area (Å²) in [6.45, 7) is 3.73. The minimum Gasteiger partial charge on any atom is -0.488 e. The number of halogens is 4. The Morgan fingerprint density at radius 2 is 1.81 bits per heavy atom. The second kappa shape index (κ2) is 10.5. The Labute approximate surface area is 211 Å². The van der Waals surface area contributed by atoms with Crippen molar-refractivity contribution in [3.05, 3.63) is 100 Å². The molecule has 0 radical (unpaired) electrons. The van der Waals surface area contributed by atoms with Gasteiger partial charge in [-0.1, -0.05) is 35.9 Å². The predicted octanol–water partition coefficient (Wildman–Crippen LogP) is 7.28. The van der Waals surface area contributed by atoms with Crippen molar-refractivity contribution in [2.45, 2.75) is 26.6 Å². The summed E-state index contributed by atoms with van der Waals surface area (Å²) in [5.74, 6) is 0.00451. The van der Waals surface area contributed by atoms with Crippen LogP contribution >= 0.6 is 11.6 Å². The molecule has 0 amide bonds. The summed E-state index contributed by atoms with van der Waals surface area (Å²) in [6.07, 6.45) is -4.55. The number of rotatable bonds is 7. The molecule has 0 aliphatic rings. The van der Waals surface area contributed by atoms with Gasteiger partial charge in [0.25, 0.3) is 0 Å².